The number of nitrogen functional groups attached to an aromatic ring is 3. The van der Waals surface area contributed by atoms with Crippen molar-refractivity contribution in [3.63, 3.8) is 0 Å². The lowest BCUT2D eigenvalue weighted by Gasteiger charge is -2.16. The van der Waals surface area contributed by atoms with Gasteiger partial charge in [-0.05, 0) is 57.3 Å². The standard InChI is InChI=1S/C24H20N4/c25-19-10-11-21(24(27)23(19)26)28-20-7-3-6-14-8-9-17-12-15-4-1-2-5-16(15)13-18(17)22(14)20/h1-13,28H,25-27H2. The quantitative estimate of drug-likeness (QED) is 0.185. The second kappa shape index (κ2) is 6.06. The zero-order chi connectivity index (χ0) is 19.3. The molecule has 0 amide bonds. The predicted octanol–water partition coefficient (Wildman–Crippen LogP) is 5.64. The maximum atomic E-state index is 6.19. The maximum absolute atomic E-state index is 6.19. The average molecular weight is 364 g/mol. The van der Waals surface area contributed by atoms with Gasteiger partial charge in [0.1, 0.15) is 0 Å². The van der Waals surface area contributed by atoms with E-state index < -0.39 is 0 Å². The molecule has 0 aromatic heterocycles. The van der Waals surface area contributed by atoms with Crippen LogP contribution in [0.25, 0.3) is 32.3 Å². The van der Waals surface area contributed by atoms with E-state index in [0.29, 0.717) is 17.1 Å². The van der Waals surface area contributed by atoms with E-state index in [2.05, 4.69) is 66.0 Å². The van der Waals surface area contributed by atoms with Crippen molar-refractivity contribution in [2.75, 3.05) is 22.5 Å². The summed E-state index contributed by atoms with van der Waals surface area (Å²) in [5.74, 6) is 0. The summed E-state index contributed by atoms with van der Waals surface area (Å²) in [6.07, 6.45) is 0. The van der Waals surface area contributed by atoms with Crippen LogP contribution in [0.3, 0.4) is 0 Å². The lowest BCUT2D eigenvalue weighted by molar-refractivity contribution is 1.57. The van der Waals surface area contributed by atoms with E-state index >= 15 is 0 Å². The third kappa shape index (κ3) is 2.47. The summed E-state index contributed by atoms with van der Waals surface area (Å²) in [6.45, 7) is 0. The lowest BCUT2D eigenvalue weighted by Crippen LogP contribution is -2.04. The molecule has 0 radical (unpaired) electrons. The largest absolute Gasteiger partial charge is 0.397 e. The molecule has 0 atom stereocenters. The summed E-state index contributed by atoms with van der Waals surface area (Å²) >= 11 is 0. The molecule has 0 heterocycles. The van der Waals surface area contributed by atoms with Crippen LogP contribution in [-0.4, -0.2) is 0 Å². The molecule has 0 saturated carbocycles. The summed E-state index contributed by atoms with van der Waals surface area (Å²) in [4.78, 5) is 0. The number of hydrogen-bond donors (Lipinski definition) is 4. The number of rotatable bonds is 2. The van der Waals surface area contributed by atoms with Gasteiger partial charge in [-0.15, -0.1) is 0 Å². The third-order valence-electron chi connectivity index (χ3n) is 5.32. The van der Waals surface area contributed by atoms with E-state index in [4.69, 9.17) is 17.2 Å². The Morgan fingerprint density at radius 3 is 2.07 bits per heavy atom. The van der Waals surface area contributed by atoms with Gasteiger partial charge in [0.05, 0.1) is 22.7 Å². The molecule has 0 spiro atoms. The second-order valence-electron chi connectivity index (χ2n) is 7.04. The van der Waals surface area contributed by atoms with Gasteiger partial charge in [0.15, 0.2) is 0 Å². The molecule has 5 aromatic carbocycles. The summed E-state index contributed by atoms with van der Waals surface area (Å²) in [5.41, 5.74) is 21.2. The Bertz CT molecular complexity index is 1370. The van der Waals surface area contributed by atoms with Gasteiger partial charge in [-0.1, -0.05) is 48.5 Å². The van der Waals surface area contributed by atoms with Crippen LogP contribution in [0.5, 0.6) is 0 Å². The van der Waals surface area contributed by atoms with E-state index in [1.165, 1.54) is 21.5 Å². The summed E-state index contributed by atoms with van der Waals surface area (Å²) in [6, 6.07) is 27.1. The Kier molecular flexibility index (Phi) is 3.52. The first-order valence-electron chi connectivity index (χ1n) is 9.16. The minimum Gasteiger partial charge on any atom is -0.397 e. The van der Waals surface area contributed by atoms with E-state index in [1.807, 2.05) is 12.1 Å². The molecule has 5 rings (SSSR count). The highest BCUT2D eigenvalue weighted by Gasteiger charge is 2.11. The molecule has 4 nitrogen and oxygen atoms in total. The Hall–Kier alpha value is -3.92. The van der Waals surface area contributed by atoms with Gasteiger partial charge in [0.25, 0.3) is 0 Å². The Morgan fingerprint density at radius 2 is 1.25 bits per heavy atom. The monoisotopic (exact) mass is 364 g/mol. The zero-order valence-electron chi connectivity index (χ0n) is 15.2. The van der Waals surface area contributed by atoms with E-state index in [1.54, 1.807) is 6.07 Å². The van der Waals surface area contributed by atoms with Crippen molar-refractivity contribution in [3.05, 3.63) is 78.9 Å². The number of benzene rings is 5. The van der Waals surface area contributed by atoms with Crippen molar-refractivity contribution < 1.29 is 0 Å². The predicted molar refractivity (Wildman–Crippen MR) is 122 cm³/mol. The highest BCUT2D eigenvalue weighted by molar-refractivity contribution is 6.17. The zero-order valence-corrected chi connectivity index (χ0v) is 15.2. The first kappa shape index (κ1) is 16.3. The number of nitrogens with two attached hydrogens (primary N) is 3. The van der Waals surface area contributed by atoms with Crippen LogP contribution in [0.4, 0.5) is 28.4 Å². The number of fused-ring (bicyclic) bond motifs is 4. The molecule has 0 fully saturated rings. The number of nitrogens with one attached hydrogen (secondary N) is 1. The minimum absolute atomic E-state index is 0.404. The Labute approximate surface area is 162 Å². The van der Waals surface area contributed by atoms with E-state index in [0.717, 1.165) is 22.1 Å². The normalized spacial score (nSPS) is 11.3. The van der Waals surface area contributed by atoms with Crippen molar-refractivity contribution >= 4 is 60.8 Å². The maximum Gasteiger partial charge on any atom is 0.0808 e. The molecule has 0 aliphatic carbocycles. The number of anilines is 5. The fourth-order valence-electron chi connectivity index (χ4n) is 3.81. The molecule has 0 aliphatic heterocycles. The van der Waals surface area contributed by atoms with Gasteiger partial charge in [-0.3, -0.25) is 0 Å². The van der Waals surface area contributed by atoms with Crippen LogP contribution in [0, 0.1) is 0 Å². The van der Waals surface area contributed by atoms with Gasteiger partial charge in [-0.2, -0.15) is 0 Å². The molecular formula is C24H20N4. The molecule has 0 bridgehead atoms. The van der Waals surface area contributed by atoms with Crippen LogP contribution in [0.2, 0.25) is 0 Å². The minimum atomic E-state index is 0.404. The smallest absolute Gasteiger partial charge is 0.0808 e. The van der Waals surface area contributed by atoms with E-state index in [9.17, 15) is 0 Å². The molecule has 7 N–H and O–H groups in total. The lowest BCUT2D eigenvalue weighted by atomic mass is 9.97. The van der Waals surface area contributed by atoms with E-state index in [-0.39, 0.29) is 0 Å². The topological polar surface area (TPSA) is 90.1 Å². The second-order valence-corrected chi connectivity index (χ2v) is 7.04. The molecule has 0 saturated heterocycles. The molecule has 4 heteroatoms. The van der Waals surface area contributed by atoms with Crippen molar-refractivity contribution in [2.24, 2.45) is 0 Å². The van der Waals surface area contributed by atoms with Crippen LogP contribution in [0.1, 0.15) is 0 Å². The Morgan fingerprint density at radius 1 is 0.536 bits per heavy atom. The first-order chi connectivity index (χ1) is 13.6. The molecular weight excluding hydrogens is 344 g/mol. The molecule has 5 aromatic rings. The Balaban J connectivity index is 1.78. The van der Waals surface area contributed by atoms with Gasteiger partial charge < -0.3 is 22.5 Å². The molecule has 0 aliphatic rings. The van der Waals surface area contributed by atoms with Gasteiger partial charge in [-0.25, -0.2) is 0 Å². The first-order valence-corrected chi connectivity index (χ1v) is 9.16. The SMILES string of the molecule is Nc1ccc(Nc2cccc3ccc4cc5ccccc5cc4c23)c(N)c1N. The van der Waals surface area contributed by atoms with Crippen molar-refractivity contribution in [2.45, 2.75) is 0 Å². The summed E-state index contributed by atoms with van der Waals surface area (Å²) < 4.78 is 0. The van der Waals surface area contributed by atoms with Crippen LogP contribution < -0.4 is 22.5 Å². The highest BCUT2D eigenvalue weighted by atomic mass is 14.9. The van der Waals surface area contributed by atoms with Crippen LogP contribution in [0.15, 0.2) is 78.9 Å². The van der Waals surface area contributed by atoms with Crippen molar-refractivity contribution in [3.8, 4) is 0 Å². The fraction of sp³-hybridized carbons (Fsp3) is 0. The highest BCUT2D eigenvalue weighted by Crippen LogP contribution is 2.38. The number of hydrogen-bond acceptors (Lipinski definition) is 4. The van der Waals surface area contributed by atoms with Crippen molar-refractivity contribution in [1.82, 2.24) is 0 Å². The van der Waals surface area contributed by atoms with Gasteiger partial charge >= 0.3 is 0 Å². The molecule has 136 valence electrons. The summed E-state index contributed by atoms with van der Waals surface area (Å²) in [5, 5.41) is 10.6. The fourth-order valence-corrected chi connectivity index (χ4v) is 3.81. The molecule has 0 unspecified atom stereocenters. The average Bonchev–Trinajstić information content (AvgIpc) is 2.72. The van der Waals surface area contributed by atoms with Gasteiger partial charge in [0.2, 0.25) is 0 Å². The third-order valence-corrected chi connectivity index (χ3v) is 5.32. The molecule has 28 heavy (non-hydrogen) atoms. The van der Waals surface area contributed by atoms with Gasteiger partial charge in [0, 0.05) is 11.1 Å². The summed E-state index contributed by atoms with van der Waals surface area (Å²) in [7, 11) is 0. The van der Waals surface area contributed by atoms with Crippen LogP contribution >= 0.6 is 0 Å². The van der Waals surface area contributed by atoms with Crippen molar-refractivity contribution in [1.29, 1.82) is 0 Å². The van der Waals surface area contributed by atoms with Crippen LogP contribution in [-0.2, 0) is 0 Å².